The average molecular weight is 328 g/mol. The molecule has 2 aromatic heterocycles. The Morgan fingerprint density at radius 3 is 2.74 bits per heavy atom. The summed E-state index contributed by atoms with van der Waals surface area (Å²) in [5, 5.41) is 4.33. The molecule has 0 bridgehead atoms. The van der Waals surface area contributed by atoms with Gasteiger partial charge in [0.2, 0.25) is 0 Å². The second-order valence-electron chi connectivity index (χ2n) is 6.21. The smallest absolute Gasteiger partial charge is 0.170 e. The van der Waals surface area contributed by atoms with Crippen molar-refractivity contribution in [3.05, 3.63) is 53.1 Å². The lowest BCUT2D eigenvalue weighted by Gasteiger charge is -2.27. The number of aromatic amines is 1. The zero-order chi connectivity index (χ0) is 16.4. The van der Waals surface area contributed by atoms with E-state index in [1.54, 1.807) is 0 Å². The number of pyridine rings is 1. The largest absolute Gasteiger partial charge is 0.362 e. The first kappa shape index (κ1) is 16.0. The van der Waals surface area contributed by atoms with Crippen molar-refractivity contribution in [1.29, 1.82) is 0 Å². The van der Waals surface area contributed by atoms with Crippen LogP contribution in [-0.4, -0.2) is 26.5 Å². The monoisotopic (exact) mass is 328 g/mol. The Bertz CT molecular complexity index is 680. The summed E-state index contributed by atoms with van der Waals surface area (Å²) >= 11 is 5.63. The topological polar surface area (TPSA) is 44.0 Å². The van der Waals surface area contributed by atoms with E-state index < -0.39 is 0 Å². The molecule has 0 unspecified atom stereocenters. The zero-order valence-corrected chi connectivity index (χ0v) is 14.8. The van der Waals surface area contributed by atoms with E-state index in [9.17, 15) is 0 Å². The van der Waals surface area contributed by atoms with Crippen molar-refractivity contribution in [3.8, 4) is 0 Å². The third kappa shape index (κ3) is 3.11. The summed E-state index contributed by atoms with van der Waals surface area (Å²) in [6.45, 7) is 7.42. The molecule has 3 rings (SSSR count). The first-order valence-electron chi connectivity index (χ1n) is 8.26. The molecule has 2 atom stereocenters. The van der Waals surface area contributed by atoms with Crippen LogP contribution in [0.1, 0.15) is 54.5 Å². The molecule has 5 heteroatoms. The number of nitrogens with one attached hydrogen (secondary N) is 2. The molecule has 23 heavy (non-hydrogen) atoms. The summed E-state index contributed by atoms with van der Waals surface area (Å²) in [5.74, 6) is 0. The summed E-state index contributed by atoms with van der Waals surface area (Å²) in [6.07, 6.45) is 4.14. The quantitative estimate of drug-likeness (QED) is 0.820. The van der Waals surface area contributed by atoms with Crippen molar-refractivity contribution in [2.75, 3.05) is 6.54 Å². The molecule has 1 fully saturated rings. The molecular formula is C18H24N4S. The van der Waals surface area contributed by atoms with Crippen molar-refractivity contribution in [2.45, 2.75) is 45.7 Å². The van der Waals surface area contributed by atoms with E-state index in [1.165, 1.54) is 17.0 Å². The van der Waals surface area contributed by atoms with Gasteiger partial charge in [-0.3, -0.25) is 4.98 Å². The fraction of sp³-hybridized carbons (Fsp3) is 0.444. The molecule has 1 aliphatic rings. The Kier molecular flexibility index (Phi) is 4.66. The molecule has 122 valence electrons. The summed E-state index contributed by atoms with van der Waals surface area (Å²) in [6, 6.07) is 8.58. The van der Waals surface area contributed by atoms with Gasteiger partial charge in [-0.1, -0.05) is 19.4 Å². The fourth-order valence-electron chi connectivity index (χ4n) is 3.37. The van der Waals surface area contributed by atoms with Crippen molar-refractivity contribution < 1.29 is 0 Å². The van der Waals surface area contributed by atoms with Crippen LogP contribution in [-0.2, 0) is 0 Å². The second kappa shape index (κ2) is 6.71. The molecule has 0 amide bonds. The Morgan fingerprint density at radius 1 is 1.30 bits per heavy atom. The van der Waals surface area contributed by atoms with Gasteiger partial charge >= 0.3 is 0 Å². The molecule has 0 aliphatic carbocycles. The van der Waals surface area contributed by atoms with Gasteiger partial charge in [-0.2, -0.15) is 0 Å². The molecule has 0 saturated carbocycles. The second-order valence-corrected chi connectivity index (χ2v) is 6.59. The molecule has 0 radical (unpaired) electrons. The number of aromatic nitrogens is 2. The Morgan fingerprint density at radius 2 is 2.13 bits per heavy atom. The summed E-state index contributed by atoms with van der Waals surface area (Å²) in [5.41, 5.74) is 4.74. The van der Waals surface area contributed by atoms with E-state index in [1.807, 2.05) is 18.3 Å². The lowest BCUT2D eigenvalue weighted by molar-refractivity contribution is 0.312. The third-order valence-corrected chi connectivity index (χ3v) is 4.81. The highest BCUT2D eigenvalue weighted by molar-refractivity contribution is 7.80. The van der Waals surface area contributed by atoms with Crippen LogP contribution in [0.25, 0.3) is 0 Å². The van der Waals surface area contributed by atoms with Crippen LogP contribution in [0.5, 0.6) is 0 Å². The van der Waals surface area contributed by atoms with Gasteiger partial charge in [-0.05, 0) is 56.2 Å². The van der Waals surface area contributed by atoms with Gasteiger partial charge in [0.15, 0.2) is 5.11 Å². The lowest BCUT2D eigenvalue weighted by atomic mass is 9.96. The molecule has 4 nitrogen and oxygen atoms in total. The first-order valence-corrected chi connectivity index (χ1v) is 8.66. The maximum Gasteiger partial charge on any atom is 0.170 e. The van der Waals surface area contributed by atoms with Crippen LogP contribution in [0.3, 0.4) is 0 Å². The van der Waals surface area contributed by atoms with Crippen LogP contribution in [0, 0.1) is 13.8 Å². The molecule has 1 aliphatic heterocycles. The highest BCUT2D eigenvalue weighted by atomic mass is 32.1. The van der Waals surface area contributed by atoms with Crippen molar-refractivity contribution in [2.24, 2.45) is 0 Å². The van der Waals surface area contributed by atoms with E-state index in [-0.39, 0.29) is 12.1 Å². The van der Waals surface area contributed by atoms with E-state index in [0.29, 0.717) is 0 Å². The van der Waals surface area contributed by atoms with E-state index in [0.717, 1.165) is 30.2 Å². The van der Waals surface area contributed by atoms with E-state index in [2.05, 4.69) is 53.1 Å². The van der Waals surface area contributed by atoms with Crippen LogP contribution in [0.4, 0.5) is 0 Å². The number of thiocarbonyl (C=S) groups is 1. The van der Waals surface area contributed by atoms with Crippen molar-refractivity contribution >= 4 is 17.3 Å². The fourth-order valence-corrected chi connectivity index (χ4v) is 3.70. The predicted octanol–water partition coefficient (Wildman–Crippen LogP) is 3.80. The number of H-pyrrole nitrogens is 1. The standard InChI is InChI=1S/C18H24N4S/c1-4-5-10-22-17(14-11-12(2)20-13(14)3)16(21-18(22)23)15-8-6-7-9-19-15/h6-9,11,16-17,20H,4-5,10H2,1-3H3,(H,21,23)/t16-,17-/m1/s1. The van der Waals surface area contributed by atoms with Crippen LogP contribution < -0.4 is 5.32 Å². The van der Waals surface area contributed by atoms with Crippen molar-refractivity contribution in [3.63, 3.8) is 0 Å². The third-order valence-electron chi connectivity index (χ3n) is 4.46. The van der Waals surface area contributed by atoms with Crippen LogP contribution in [0.15, 0.2) is 30.5 Å². The normalized spacial score (nSPS) is 20.8. The first-order chi connectivity index (χ1) is 11.1. The number of hydrogen-bond donors (Lipinski definition) is 2. The van der Waals surface area contributed by atoms with Gasteiger partial charge in [0, 0.05) is 24.1 Å². The minimum absolute atomic E-state index is 0.0921. The number of nitrogens with zero attached hydrogens (tertiary/aromatic N) is 2. The Labute approximate surface area is 143 Å². The van der Waals surface area contributed by atoms with E-state index >= 15 is 0 Å². The van der Waals surface area contributed by atoms with Crippen molar-refractivity contribution in [1.82, 2.24) is 20.2 Å². The number of aryl methyl sites for hydroxylation is 2. The van der Waals surface area contributed by atoms with Gasteiger partial charge in [0.05, 0.1) is 17.8 Å². The predicted molar refractivity (Wildman–Crippen MR) is 97.3 cm³/mol. The summed E-state index contributed by atoms with van der Waals surface area (Å²) in [4.78, 5) is 10.3. The minimum atomic E-state index is 0.0921. The Balaban J connectivity index is 2.01. The summed E-state index contributed by atoms with van der Waals surface area (Å²) in [7, 11) is 0. The molecular weight excluding hydrogens is 304 g/mol. The van der Waals surface area contributed by atoms with Crippen LogP contribution >= 0.6 is 12.2 Å². The van der Waals surface area contributed by atoms with Gasteiger partial charge < -0.3 is 15.2 Å². The number of rotatable bonds is 5. The number of unbranched alkanes of at least 4 members (excludes halogenated alkanes) is 1. The molecule has 3 heterocycles. The maximum absolute atomic E-state index is 5.63. The minimum Gasteiger partial charge on any atom is -0.362 e. The molecule has 1 saturated heterocycles. The average Bonchev–Trinajstić information content (AvgIpc) is 3.05. The zero-order valence-electron chi connectivity index (χ0n) is 14.0. The maximum atomic E-state index is 5.63. The van der Waals surface area contributed by atoms with Gasteiger partial charge in [-0.25, -0.2) is 0 Å². The number of hydrogen-bond acceptors (Lipinski definition) is 2. The Hall–Kier alpha value is -1.88. The molecule has 2 N–H and O–H groups in total. The van der Waals surface area contributed by atoms with Gasteiger partial charge in [0.25, 0.3) is 0 Å². The SMILES string of the molecule is CCCCN1C(=S)N[C@H](c2ccccn2)[C@H]1c1cc(C)[nH]c1C. The van der Waals surface area contributed by atoms with Crippen LogP contribution in [0.2, 0.25) is 0 Å². The molecule has 2 aromatic rings. The highest BCUT2D eigenvalue weighted by Gasteiger charge is 2.40. The highest BCUT2D eigenvalue weighted by Crippen LogP contribution is 2.40. The lowest BCUT2D eigenvalue weighted by Crippen LogP contribution is -2.30. The molecule has 0 aromatic carbocycles. The molecule has 0 spiro atoms. The summed E-state index contributed by atoms with van der Waals surface area (Å²) < 4.78 is 0. The van der Waals surface area contributed by atoms with E-state index in [4.69, 9.17) is 12.2 Å². The van der Waals surface area contributed by atoms with Gasteiger partial charge in [0.1, 0.15) is 0 Å². The van der Waals surface area contributed by atoms with Gasteiger partial charge in [-0.15, -0.1) is 0 Å².